The lowest BCUT2D eigenvalue weighted by Gasteiger charge is -2.38. The fourth-order valence-corrected chi connectivity index (χ4v) is 2.28. The minimum absolute atomic E-state index is 0.174. The SMILES string of the molecule is COC(C)(C)C(C)(C)OC.Cc1ccc(CCN(CCF)CCCO)cc1. The number of aliphatic hydroxyl groups excluding tert-OH is 1. The van der Waals surface area contributed by atoms with Crippen molar-refractivity contribution in [3.05, 3.63) is 35.4 Å². The molecule has 0 saturated heterocycles. The Balaban J connectivity index is 0.000000580. The third-order valence-electron chi connectivity index (χ3n) is 5.34. The third-order valence-corrected chi connectivity index (χ3v) is 5.34. The number of aliphatic hydroxyl groups is 1. The van der Waals surface area contributed by atoms with Crippen molar-refractivity contribution in [2.24, 2.45) is 0 Å². The van der Waals surface area contributed by atoms with Gasteiger partial charge in [0.25, 0.3) is 0 Å². The van der Waals surface area contributed by atoms with Gasteiger partial charge in [0.1, 0.15) is 6.67 Å². The average Bonchev–Trinajstić information content (AvgIpc) is 2.65. The second-order valence-electron chi connectivity index (χ2n) is 7.77. The highest BCUT2D eigenvalue weighted by molar-refractivity contribution is 5.21. The lowest BCUT2D eigenvalue weighted by molar-refractivity contribution is -0.147. The van der Waals surface area contributed by atoms with Gasteiger partial charge in [0, 0.05) is 40.5 Å². The molecule has 0 aliphatic heterocycles. The first-order chi connectivity index (χ1) is 12.6. The summed E-state index contributed by atoms with van der Waals surface area (Å²) in [6.07, 6.45) is 1.65. The largest absolute Gasteiger partial charge is 0.396 e. The van der Waals surface area contributed by atoms with Gasteiger partial charge in [-0.1, -0.05) is 29.8 Å². The zero-order valence-electron chi connectivity index (χ0n) is 18.3. The van der Waals surface area contributed by atoms with Crippen LogP contribution >= 0.6 is 0 Å². The van der Waals surface area contributed by atoms with Crippen LogP contribution in [0.3, 0.4) is 0 Å². The highest BCUT2D eigenvalue weighted by atomic mass is 19.1. The number of methoxy groups -OCH3 is 2. The van der Waals surface area contributed by atoms with Crippen LogP contribution < -0.4 is 0 Å². The van der Waals surface area contributed by atoms with Crippen LogP contribution in [-0.2, 0) is 15.9 Å². The molecule has 5 heteroatoms. The molecule has 0 aromatic heterocycles. The Labute approximate surface area is 165 Å². The van der Waals surface area contributed by atoms with Gasteiger partial charge in [-0.3, -0.25) is 0 Å². The van der Waals surface area contributed by atoms with Crippen LogP contribution in [0, 0.1) is 6.92 Å². The van der Waals surface area contributed by atoms with Gasteiger partial charge in [-0.2, -0.15) is 0 Å². The summed E-state index contributed by atoms with van der Waals surface area (Å²) >= 11 is 0. The van der Waals surface area contributed by atoms with Crippen molar-refractivity contribution in [3.63, 3.8) is 0 Å². The Morgan fingerprint density at radius 2 is 1.44 bits per heavy atom. The van der Waals surface area contributed by atoms with Crippen molar-refractivity contribution in [1.29, 1.82) is 0 Å². The monoisotopic (exact) mass is 385 g/mol. The van der Waals surface area contributed by atoms with Crippen molar-refractivity contribution in [2.75, 3.05) is 47.1 Å². The van der Waals surface area contributed by atoms with Gasteiger partial charge >= 0.3 is 0 Å². The maximum Gasteiger partial charge on any atom is 0.102 e. The summed E-state index contributed by atoms with van der Waals surface area (Å²) in [7, 11) is 3.39. The van der Waals surface area contributed by atoms with Crippen molar-refractivity contribution >= 4 is 0 Å². The molecule has 1 N–H and O–H groups in total. The maximum absolute atomic E-state index is 12.3. The Hall–Kier alpha value is -1.01. The second-order valence-corrected chi connectivity index (χ2v) is 7.77. The lowest BCUT2D eigenvalue weighted by atomic mass is 9.89. The number of rotatable bonds is 11. The van der Waals surface area contributed by atoms with E-state index in [1.54, 1.807) is 14.2 Å². The molecule has 0 saturated carbocycles. The molecule has 0 amide bonds. The first-order valence-electron chi connectivity index (χ1n) is 9.68. The predicted octanol–water partition coefficient (Wildman–Crippen LogP) is 4.03. The smallest absolute Gasteiger partial charge is 0.102 e. The zero-order valence-corrected chi connectivity index (χ0v) is 18.3. The molecule has 0 unspecified atom stereocenters. The van der Waals surface area contributed by atoms with Crippen molar-refractivity contribution in [3.8, 4) is 0 Å². The molecule has 0 spiro atoms. The number of hydrogen-bond acceptors (Lipinski definition) is 4. The van der Waals surface area contributed by atoms with Gasteiger partial charge in [-0.25, -0.2) is 4.39 Å². The van der Waals surface area contributed by atoms with Gasteiger partial charge in [0.05, 0.1) is 11.2 Å². The van der Waals surface area contributed by atoms with Crippen LogP contribution in [0.5, 0.6) is 0 Å². The summed E-state index contributed by atoms with van der Waals surface area (Å²) in [6.45, 7) is 12.1. The van der Waals surface area contributed by atoms with Gasteiger partial charge in [-0.05, 0) is 53.0 Å². The highest BCUT2D eigenvalue weighted by Crippen LogP contribution is 2.27. The molecule has 0 bridgehead atoms. The Morgan fingerprint density at radius 3 is 1.85 bits per heavy atom. The predicted molar refractivity (Wildman–Crippen MR) is 111 cm³/mol. The van der Waals surface area contributed by atoms with E-state index in [1.807, 2.05) is 27.7 Å². The summed E-state index contributed by atoms with van der Waals surface area (Å²) in [5.74, 6) is 0. The van der Waals surface area contributed by atoms with Crippen molar-refractivity contribution < 1.29 is 19.0 Å². The van der Waals surface area contributed by atoms with E-state index in [1.165, 1.54) is 11.1 Å². The summed E-state index contributed by atoms with van der Waals surface area (Å²) in [5.41, 5.74) is 2.07. The minimum atomic E-state index is -0.320. The minimum Gasteiger partial charge on any atom is -0.396 e. The fourth-order valence-electron chi connectivity index (χ4n) is 2.28. The normalized spacial score (nSPS) is 12.1. The molecule has 1 rings (SSSR count). The van der Waals surface area contributed by atoms with Crippen LogP contribution in [0.4, 0.5) is 4.39 Å². The molecule has 0 atom stereocenters. The Bertz CT molecular complexity index is 475. The molecule has 0 radical (unpaired) electrons. The fraction of sp³-hybridized carbons (Fsp3) is 0.727. The molecule has 27 heavy (non-hydrogen) atoms. The molecular formula is C22H40FNO3. The summed E-state index contributed by atoms with van der Waals surface area (Å²) in [6, 6.07) is 8.44. The van der Waals surface area contributed by atoms with Crippen molar-refractivity contribution in [1.82, 2.24) is 4.90 Å². The number of alkyl halides is 1. The van der Waals surface area contributed by atoms with Crippen LogP contribution in [0.1, 0.15) is 45.2 Å². The highest BCUT2D eigenvalue weighted by Gasteiger charge is 2.36. The molecule has 158 valence electrons. The summed E-state index contributed by atoms with van der Waals surface area (Å²) < 4.78 is 22.9. The van der Waals surface area contributed by atoms with E-state index in [-0.39, 0.29) is 24.5 Å². The van der Waals surface area contributed by atoms with Gasteiger partial charge in [-0.15, -0.1) is 0 Å². The van der Waals surface area contributed by atoms with E-state index in [0.29, 0.717) is 13.0 Å². The first-order valence-corrected chi connectivity index (χ1v) is 9.68. The molecule has 0 aliphatic carbocycles. The number of nitrogens with zero attached hydrogens (tertiary/aromatic N) is 1. The number of aryl methyl sites for hydroxylation is 1. The van der Waals surface area contributed by atoms with E-state index in [2.05, 4.69) is 36.1 Å². The lowest BCUT2D eigenvalue weighted by Crippen LogP contribution is -2.48. The van der Waals surface area contributed by atoms with Crippen LogP contribution in [0.25, 0.3) is 0 Å². The van der Waals surface area contributed by atoms with Crippen LogP contribution in [0.2, 0.25) is 0 Å². The molecule has 1 aromatic rings. The topological polar surface area (TPSA) is 41.9 Å². The van der Waals surface area contributed by atoms with Gasteiger partial charge in [0.2, 0.25) is 0 Å². The average molecular weight is 386 g/mol. The Morgan fingerprint density at radius 1 is 0.926 bits per heavy atom. The van der Waals surface area contributed by atoms with E-state index in [9.17, 15) is 4.39 Å². The molecule has 4 nitrogen and oxygen atoms in total. The van der Waals surface area contributed by atoms with E-state index < -0.39 is 0 Å². The van der Waals surface area contributed by atoms with Crippen LogP contribution in [-0.4, -0.2) is 68.3 Å². The standard InChI is InChI=1S/C14H22FNO.C8H18O2/c1-13-3-5-14(6-4-13)7-10-16(11-8-15)9-2-12-17;1-7(2,9-5)8(3,4)10-6/h3-6,17H,2,7-12H2,1H3;1-6H3. The first kappa shape index (κ1) is 26.0. The zero-order chi connectivity index (χ0) is 20.9. The molecule has 0 heterocycles. The number of hydrogen-bond donors (Lipinski definition) is 1. The molecule has 0 aliphatic rings. The van der Waals surface area contributed by atoms with Gasteiger partial charge in [0.15, 0.2) is 0 Å². The molecule has 1 aromatic carbocycles. The van der Waals surface area contributed by atoms with Crippen molar-refractivity contribution in [2.45, 2.75) is 58.7 Å². The van der Waals surface area contributed by atoms with E-state index in [0.717, 1.165) is 19.5 Å². The second kappa shape index (κ2) is 13.2. The van der Waals surface area contributed by atoms with Crippen LogP contribution in [0.15, 0.2) is 24.3 Å². The molecular weight excluding hydrogens is 345 g/mol. The summed E-state index contributed by atoms with van der Waals surface area (Å²) in [5, 5.41) is 8.78. The maximum atomic E-state index is 12.3. The quantitative estimate of drug-likeness (QED) is 0.624. The van der Waals surface area contributed by atoms with E-state index in [4.69, 9.17) is 14.6 Å². The number of ether oxygens (including phenoxy) is 2. The number of benzene rings is 1. The third kappa shape index (κ3) is 10.2. The number of halogens is 1. The van der Waals surface area contributed by atoms with E-state index >= 15 is 0 Å². The molecule has 0 fully saturated rings. The summed E-state index contributed by atoms with van der Waals surface area (Å²) in [4.78, 5) is 2.07. The Kier molecular flexibility index (Phi) is 12.7. The van der Waals surface area contributed by atoms with Gasteiger partial charge < -0.3 is 19.5 Å².